The lowest BCUT2D eigenvalue weighted by Crippen LogP contribution is -2.15. The van der Waals surface area contributed by atoms with E-state index < -0.39 is 4.33 Å². The van der Waals surface area contributed by atoms with Gasteiger partial charge in [-0.1, -0.05) is 13.0 Å². The lowest BCUT2D eigenvalue weighted by molar-refractivity contribution is 0.245. The van der Waals surface area contributed by atoms with Crippen molar-refractivity contribution >= 4 is 35.0 Å². The number of alkyl halides is 2. The summed E-state index contributed by atoms with van der Waals surface area (Å²) in [5, 5.41) is 0. The smallest absolute Gasteiger partial charge is 0.240 e. The van der Waals surface area contributed by atoms with Crippen molar-refractivity contribution in [1.82, 2.24) is 0 Å². The number of carbonyl (C=O) groups excluding carboxylic acids is 1. The van der Waals surface area contributed by atoms with Gasteiger partial charge in [0.05, 0.1) is 12.3 Å². The highest BCUT2D eigenvalue weighted by Gasteiger charge is 2.63. The Morgan fingerprint density at radius 2 is 2.24 bits per heavy atom. The van der Waals surface area contributed by atoms with Crippen LogP contribution < -0.4 is 4.74 Å². The molecule has 1 aliphatic carbocycles. The molecule has 0 amide bonds. The fraction of sp³-hybridized carbons (Fsp3) is 0.417. The van der Waals surface area contributed by atoms with Gasteiger partial charge in [-0.05, 0) is 18.6 Å². The van der Waals surface area contributed by atoms with Crippen molar-refractivity contribution in [2.75, 3.05) is 6.61 Å². The van der Waals surface area contributed by atoms with E-state index in [-0.39, 0.29) is 5.41 Å². The number of halogens is 2. The SMILES string of the molecule is CC1(COc2cccc(N=C=O)c2)CC1(Cl)Cl. The molecule has 0 spiro atoms. The maximum atomic E-state index is 10.1. The summed E-state index contributed by atoms with van der Waals surface area (Å²) < 4.78 is 4.91. The van der Waals surface area contributed by atoms with Crippen molar-refractivity contribution in [2.24, 2.45) is 10.4 Å². The Labute approximate surface area is 109 Å². The first-order valence-electron chi connectivity index (χ1n) is 5.15. The average Bonchev–Trinajstić information content (AvgIpc) is 2.77. The molecule has 0 aromatic heterocycles. The van der Waals surface area contributed by atoms with Gasteiger partial charge < -0.3 is 4.74 Å². The zero-order chi connectivity index (χ0) is 12.5. The van der Waals surface area contributed by atoms with Gasteiger partial charge in [-0.25, -0.2) is 4.79 Å². The lowest BCUT2D eigenvalue weighted by Gasteiger charge is -2.13. The van der Waals surface area contributed by atoms with E-state index in [0.717, 1.165) is 6.42 Å². The number of aliphatic imine (C=N–C) groups is 1. The van der Waals surface area contributed by atoms with Crippen LogP contribution in [0.3, 0.4) is 0 Å². The first-order valence-corrected chi connectivity index (χ1v) is 5.91. The third-order valence-corrected chi connectivity index (χ3v) is 4.10. The number of hydrogen-bond acceptors (Lipinski definition) is 3. The molecule has 90 valence electrons. The van der Waals surface area contributed by atoms with Gasteiger partial charge in [-0.3, -0.25) is 0 Å². The van der Waals surface area contributed by atoms with Crippen molar-refractivity contribution in [1.29, 1.82) is 0 Å². The van der Waals surface area contributed by atoms with Crippen LogP contribution in [-0.4, -0.2) is 17.0 Å². The van der Waals surface area contributed by atoms with Crippen LogP contribution in [0.15, 0.2) is 29.3 Å². The van der Waals surface area contributed by atoms with Gasteiger partial charge in [-0.2, -0.15) is 4.99 Å². The Kier molecular flexibility index (Phi) is 3.17. The number of rotatable bonds is 4. The number of benzene rings is 1. The number of nitrogens with zero attached hydrogens (tertiary/aromatic N) is 1. The lowest BCUT2D eigenvalue weighted by atomic mass is 10.2. The normalized spacial score (nSPS) is 24.9. The molecule has 1 aliphatic rings. The van der Waals surface area contributed by atoms with Crippen molar-refractivity contribution < 1.29 is 9.53 Å². The fourth-order valence-electron chi connectivity index (χ4n) is 1.54. The molecule has 2 rings (SSSR count). The highest BCUT2D eigenvalue weighted by atomic mass is 35.5. The van der Waals surface area contributed by atoms with Crippen LogP contribution in [0.25, 0.3) is 0 Å². The van der Waals surface area contributed by atoms with E-state index in [2.05, 4.69) is 4.99 Å². The van der Waals surface area contributed by atoms with Gasteiger partial charge in [0.15, 0.2) is 0 Å². The summed E-state index contributed by atoms with van der Waals surface area (Å²) in [7, 11) is 0. The zero-order valence-electron chi connectivity index (χ0n) is 9.24. The van der Waals surface area contributed by atoms with E-state index in [0.29, 0.717) is 18.0 Å². The predicted octanol–water partition coefficient (Wildman–Crippen LogP) is 3.62. The largest absolute Gasteiger partial charge is 0.493 e. The van der Waals surface area contributed by atoms with Crippen LogP contribution in [0.1, 0.15) is 13.3 Å². The molecule has 1 atom stereocenters. The Morgan fingerprint density at radius 3 is 2.82 bits per heavy atom. The molecule has 0 radical (unpaired) electrons. The summed E-state index contributed by atoms with van der Waals surface area (Å²) in [4.78, 5) is 13.6. The van der Waals surface area contributed by atoms with E-state index in [1.54, 1.807) is 24.3 Å². The third kappa shape index (κ3) is 2.63. The second kappa shape index (κ2) is 4.34. The molecule has 0 heterocycles. The molecule has 5 heteroatoms. The van der Waals surface area contributed by atoms with Crippen molar-refractivity contribution in [2.45, 2.75) is 17.7 Å². The second-order valence-corrected chi connectivity index (χ2v) is 5.91. The molecular formula is C12H11Cl2NO2. The topological polar surface area (TPSA) is 38.7 Å². The first kappa shape index (κ1) is 12.4. The summed E-state index contributed by atoms with van der Waals surface area (Å²) >= 11 is 12.0. The fourth-order valence-corrected chi connectivity index (χ4v) is 2.24. The summed E-state index contributed by atoms with van der Waals surface area (Å²) in [5.74, 6) is 0.638. The monoisotopic (exact) mass is 271 g/mol. The molecule has 1 fully saturated rings. The van der Waals surface area contributed by atoms with Gasteiger partial charge in [0.25, 0.3) is 0 Å². The van der Waals surface area contributed by atoms with E-state index in [1.807, 2.05) is 6.92 Å². The van der Waals surface area contributed by atoms with Gasteiger partial charge in [0, 0.05) is 11.5 Å². The van der Waals surface area contributed by atoms with E-state index in [1.165, 1.54) is 6.08 Å². The van der Waals surface area contributed by atoms with Crippen LogP contribution in [0.5, 0.6) is 5.75 Å². The quantitative estimate of drug-likeness (QED) is 0.477. The van der Waals surface area contributed by atoms with Gasteiger partial charge in [0.2, 0.25) is 6.08 Å². The molecule has 1 aromatic rings. The number of hydrogen-bond donors (Lipinski definition) is 0. The van der Waals surface area contributed by atoms with Crippen molar-refractivity contribution in [3.63, 3.8) is 0 Å². The predicted molar refractivity (Wildman–Crippen MR) is 66.9 cm³/mol. The molecule has 0 N–H and O–H groups in total. The highest BCUT2D eigenvalue weighted by Crippen LogP contribution is 2.63. The summed E-state index contributed by atoms with van der Waals surface area (Å²) in [6.45, 7) is 2.41. The Hall–Kier alpha value is -1.02. The van der Waals surface area contributed by atoms with Crippen LogP contribution in [0.4, 0.5) is 5.69 Å². The van der Waals surface area contributed by atoms with Crippen LogP contribution in [0, 0.1) is 5.41 Å². The molecule has 1 saturated carbocycles. The van der Waals surface area contributed by atoms with E-state index in [9.17, 15) is 4.79 Å². The van der Waals surface area contributed by atoms with Crippen LogP contribution >= 0.6 is 23.2 Å². The second-order valence-electron chi connectivity index (χ2n) is 4.43. The standard InChI is InChI=1S/C12H11Cl2NO2/c1-11(6-12(11,13)14)7-17-10-4-2-3-9(5-10)15-8-16/h2-5H,6-7H2,1H3. The molecule has 1 unspecified atom stereocenters. The Balaban J connectivity index is 2.00. The maximum absolute atomic E-state index is 10.1. The Bertz CT molecular complexity index is 483. The molecular weight excluding hydrogens is 261 g/mol. The first-order chi connectivity index (χ1) is 7.97. The molecule has 3 nitrogen and oxygen atoms in total. The van der Waals surface area contributed by atoms with Gasteiger partial charge >= 0.3 is 0 Å². The summed E-state index contributed by atoms with van der Waals surface area (Å²) in [6.07, 6.45) is 2.20. The molecule has 17 heavy (non-hydrogen) atoms. The van der Waals surface area contributed by atoms with Crippen LogP contribution in [0.2, 0.25) is 0 Å². The van der Waals surface area contributed by atoms with E-state index in [4.69, 9.17) is 27.9 Å². The summed E-state index contributed by atoms with van der Waals surface area (Å²) in [5.41, 5.74) is 0.307. The van der Waals surface area contributed by atoms with Crippen molar-refractivity contribution in [3.05, 3.63) is 24.3 Å². The summed E-state index contributed by atoms with van der Waals surface area (Å²) in [6, 6.07) is 6.92. The highest BCUT2D eigenvalue weighted by molar-refractivity contribution is 6.51. The number of ether oxygens (including phenoxy) is 1. The minimum absolute atomic E-state index is 0.208. The third-order valence-electron chi connectivity index (χ3n) is 2.92. The average molecular weight is 272 g/mol. The van der Waals surface area contributed by atoms with Gasteiger partial charge in [-0.15, -0.1) is 23.2 Å². The number of isocyanates is 1. The zero-order valence-corrected chi connectivity index (χ0v) is 10.8. The molecule has 0 bridgehead atoms. The molecule has 0 aliphatic heterocycles. The minimum atomic E-state index is -0.689. The maximum Gasteiger partial charge on any atom is 0.240 e. The Morgan fingerprint density at radius 1 is 1.53 bits per heavy atom. The van der Waals surface area contributed by atoms with Crippen LogP contribution in [-0.2, 0) is 4.79 Å². The molecule has 0 saturated heterocycles. The molecule has 1 aromatic carbocycles. The minimum Gasteiger partial charge on any atom is -0.493 e. The van der Waals surface area contributed by atoms with E-state index >= 15 is 0 Å². The van der Waals surface area contributed by atoms with Crippen molar-refractivity contribution in [3.8, 4) is 5.75 Å². The van der Waals surface area contributed by atoms with Gasteiger partial charge in [0.1, 0.15) is 10.1 Å².